The van der Waals surface area contributed by atoms with E-state index in [2.05, 4.69) is 18.3 Å². The molecule has 0 radical (unpaired) electrons. The van der Waals surface area contributed by atoms with Crippen molar-refractivity contribution in [1.29, 1.82) is 0 Å². The van der Waals surface area contributed by atoms with Crippen LogP contribution in [0.25, 0.3) is 0 Å². The molecule has 2 aromatic carbocycles. The molecule has 2 aromatic rings. The van der Waals surface area contributed by atoms with Gasteiger partial charge in [0, 0.05) is 17.6 Å². The molecular formula is C19H22N2O2S. The highest BCUT2D eigenvalue weighted by molar-refractivity contribution is 7.89. The van der Waals surface area contributed by atoms with E-state index in [0.29, 0.717) is 11.4 Å². The van der Waals surface area contributed by atoms with Gasteiger partial charge in [-0.25, -0.2) is 8.42 Å². The number of rotatable bonds is 2. The maximum absolute atomic E-state index is 13.2. The van der Waals surface area contributed by atoms with Crippen molar-refractivity contribution in [3.63, 3.8) is 0 Å². The van der Waals surface area contributed by atoms with E-state index in [4.69, 9.17) is 0 Å². The lowest BCUT2D eigenvalue weighted by atomic mass is 9.76. The quantitative estimate of drug-likeness (QED) is 0.909. The largest absolute Gasteiger partial charge is 0.368 e. The van der Waals surface area contributed by atoms with Crippen LogP contribution in [0.1, 0.15) is 30.9 Å². The molecule has 4 nitrogen and oxygen atoms in total. The van der Waals surface area contributed by atoms with Crippen LogP contribution in [-0.4, -0.2) is 25.4 Å². The Bertz CT molecular complexity index is 876. The summed E-state index contributed by atoms with van der Waals surface area (Å²) in [5.74, 6) is 0. The Labute approximate surface area is 143 Å². The van der Waals surface area contributed by atoms with Crippen LogP contribution < -0.4 is 5.32 Å². The molecule has 1 N–H and O–H groups in total. The number of aryl methyl sites for hydroxylation is 1. The lowest BCUT2D eigenvalue weighted by molar-refractivity contribution is 0.183. The molecule has 1 fully saturated rings. The first-order valence-electron chi connectivity index (χ1n) is 8.37. The third-order valence-electron chi connectivity index (χ3n) is 5.43. The van der Waals surface area contributed by atoms with E-state index in [1.54, 1.807) is 16.4 Å². The summed E-state index contributed by atoms with van der Waals surface area (Å²) in [7, 11) is -3.52. The van der Waals surface area contributed by atoms with Gasteiger partial charge >= 0.3 is 0 Å². The number of para-hydroxylation sites is 1. The lowest BCUT2D eigenvalue weighted by Gasteiger charge is -2.43. The molecule has 2 aliphatic heterocycles. The molecule has 2 aliphatic rings. The van der Waals surface area contributed by atoms with Gasteiger partial charge in [-0.2, -0.15) is 4.31 Å². The van der Waals surface area contributed by atoms with Crippen LogP contribution in [-0.2, 0) is 15.4 Å². The van der Waals surface area contributed by atoms with E-state index in [1.807, 2.05) is 37.3 Å². The van der Waals surface area contributed by atoms with Crippen molar-refractivity contribution in [2.45, 2.75) is 43.2 Å². The molecule has 2 heterocycles. The molecule has 0 unspecified atom stereocenters. The second-order valence-corrected chi connectivity index (χ2v) is 8.93. The monoisotopic (exact) mass is 342 g/mol. The highest BCUT2D eigenvalue weighted by Gasteiger charge is 2.51. The van der Waals surface area contributed by atoms with E-state index >= 15 is 0 Å². The fourth-order valence-corrected chi connectivity index (χ4v) is 5.74. The predicted molar refractivity (Wildman–Crippen MR) is 95.5 cm³/mol. The molecule has 4 rings (SSSR count). The first-order valence-corrected chi connectivity index (χ1v) is 9.81. The summed E-state index contributed by atoms with van der Waals surface area (Å²) >= 11 is 0. The molecule has 24 heavy (non-hydrogen) atoms. The number of fused-ring (bicyclic) bond motifs is 3. The van der Waals surface area contributed by atoms with Crippen LogP contribution >= 0.6 is 0 Å². The highest BCUT2D eigenvalue weighted by atomic mass is 32.2. The molecule has 0 aromatic heterocycles. The predicted octanol–water partition coefficient (Wildman–Crippen LogP) is 3.49. The zero-order valence-electron chi connectivity index (χ0n) is 14.0. The van der Waals surface area contributed by atoms with E-state index in [9.17, 15) is 8.42 Å². The Kier molecular flexibility index (Phi) is 3.48. The van der Waals surface area contributed by atoms with Gasteiger partial charge in [0.25, 0.3) is 0 Å². The van der Waals surface area contributed by atoms with E-state index in [-0.39, 0.29) is 11.6 Å². The number of hydrogen-bond acceptors (Lipinski definition) is 3. The number of nitrogens with zero attached hydrogens (tertiary/aromatic N) is 1. The van der Waals surface area contributed by atoms with Gasteiger partial charge in [-0.15, -0.1) is 0 Å². The molecule has 2 atom stereocenters. The zero-order valence-corrected chi connectivity index (χ0v) is 14.8. The minimum atomic E-state index is -3.52. The minimum absolute atomic E-state index is 0.188. The fraction of sp³-hybridized carbons (Fsp3) is 0.368. The first kappa shape index (κ1) is 15.7. The number of hydrogen-bond donors (Lipinski definition) is 1. The normalized spacial score (nSPS) is 26.5. The van der Waals surface area contributed by atoms with Crippen LogP contribution in [0.5, 0.6) is 0 Å². The number of piperidine rings is 1. The Balaban J connectivity index is 1.76. The molecule has 0 spiro atoms. The number of anilines is 1. The van der Waals surface area contributed by atoms with Crippen molar-refractivity contribution in [2.75, 3.05) is 11.9 Å². The van der Waals surface area contributed by atoms with Crippen LogP contribution in [0, 0.1) is 6.92 Å². The average Bonchev–Trinajstić information content (AvgIpc) is 2.88. The SMILES string of the molecule is Cc1ccc(S(=O)(=O)N2CCC[C@@]3(C)c4ccccc4N[C@@H]23)cc1. The third-order valence-corrected chi connectivity index (χ3v) is 7.31. The van der Waals surface area contributed by atoms with Gasteiger partial charge in [-0.3, -0.25) is 0 Å². The first-order chi connectivity index (χ1) is 11.4. The summed E-state index contributed by atoms with van der Waals surface area (Å²) in [5.41, 5.74) is 3.14. The van der Waals surface area contributed by atoms with Gasteiger partial charge < -0.3 is 5.32 Å². The molecule has 0 saturated carbocycles. The summed E-state index contributed by atoms with van der Waals surface area (Å²) in [5, 5.41) is 3.46. The minimum Gasteiger partial charge on any atom is -0.368 e. The lowest BCUT2D eigenvalue weighted by Crippen LogP contribution is -2.55. The number of nitrogens with one attached hydrogen (secondary N) is 1. The Morgan fingerprint density at radius 2 is 1.83 bits per heavy atom. The second-order valence-electron chi connectivity index (χ2n) is 7.04. The Hall–Kier alpha value is -1.85. The fourth-order valence-electron chi connectivity index (χ4n) is 4.06. The number of sulfonamides is 1. The Morgan fingerprint density at radius 1 is 1.12 bits per heavy atom. The summed E-state index contributed by atoms with van der Waals surface area (Å²) < 4.78 is 28.1. The molecule has 0 amide bonds. The zero-order chi connectivity index (χ0) is 16.9. The third kappa shape index (κ3) is 2.19. The number of benzene rings is 2. The van der Waals surface area contributed by atoms with Crippen LogP contribution in [0.15, 0.2) is 53.4 Å². The summed E-state index contributed by atoms with van der Waals surface area (Å²) in [6.07, 6.45) is 1.63. The van der Waals surface area contributed by atoms with Crippen molar-refractivity contribution in [3.05, 3.63) is 59.7 Å². The topological polar surface area (TPSA) is 49.4 Å². The summed E-state index contributed by atoms with van der Waals surface area (Å²) in [6, 6.07) is 15.3. The summed E-state index contributed by atoms with van der Waals surface area (Å²) in [6.45, 7) is 4.69. The highest BCUT2D eigenvalue weighted by Crippen LogP contribution is 2.48. The molecular weight excluding hydrogens is 320 g/mol. The van der Waals surface area contributed by atoms with Crippen LogP contribution in [0.3, 0.4) is 0 Å². The second kappa shape index (κ2) is 5.33. The van der Waals surface area contributed by atoms with Gasteiger partial charge in [-0.05, 0) is 43.5 Å². The molecule has 126 valence electrons. The molecule has 5 heteroatoms. The summed E-state index contributed by atoms with van der Waals surface area (Å²) in [4.78, 5) is 0.370. The molecule has 0 bridgehead atoms. The Morgan fingerprint density at radius 3 is 2.58 bits per heavy atom. The molecule has 0 aliphatic carbocycles. The van der Waals surface area contributed by atoms with Crippen LogP contribution in [0.2, 0.25) is 0 Å². The van der Waals surface area contributed by atoms with Gasteiger partial charge in [0.1, 0.15) is 6.17 Å². The van der Waals surface area contributed by atoms with Gasteiger partial charge in [0.2, 0.25) is 10.0 Å². The van der Waals surface area contributed by atoms with Crippen molar-refractivity contribution in [3.8, 4) is 0 Å². The van der Waals surface area contributed by atoms with Crippen molar-refractivity contribution in [2.24, 2.45) is 0 Å². The van der Waals surface area contributed by atoms with Crippen LogP contribution in [0.4, 0.5) is 5.69 Å². The maximum Gasteiger partial charge on any atom is 0.244 e. The average molecular weight is 342 g/mol. The van der Waals surface area contributed by atoms with E-state index < -0.39 is 10.0 Å². The standard InChI is InChI=1S/C19H22N2O2S/c1-14-8-10-15(11-9-14)24(22,23)21-13-5-12-19(2)16-6-3-4-7-17(16)20-18(19)21/h3-4,6-11,18,20H,5,12-13H2,1-2H3/t18-,19-/m0/s1. The molecule has 1 saturated heterocycles. The van der Waals surface area contributed by atoms with E-state index in [1.165, 1.54) is 5.56 Å². The van der Waals surface area contributed by atoms with Crippen molar-refractivity contribution >= 4 is 15.7 Å². The van der Waals surface area contributed by atoms with Gasteiger partial charge in [-0.1, -0.05) is 42.8 Å². The maximum atomic E-state index is 13.2. The van der Waals surface area contributed by atoms with E-state index in [0.717, 1.165) is 24.1 Å². The smallest absolute Gasteiger partial charge is 0.244 e. The van der Waals surface area contributed by atoms with Gasteiger partial charge in [0.05, 0.1) is 4.90 Å². The van der Waals surface area contributed by atoms with Crippen molar-refractivity contribution in [1.82, 2.24) is 4.31 Å². The van der Waals surface area contributed by atoms with Crippen molar-refractivity contribution < 1.29 is 8.42 Å². The van der Waals surface area contributed by atoms with Gasteiger partial charge in [0.15, 0.2) is 0 Å².